The Morgan fingerprint density at radius 3 is 2.73 bits per heavy atom. The van der Waals surface area contributed by atoms with Crippen LogP contribution in [-0.4, -0.2) is 16.1 Å². The Morgan fingerprint density at radius 1 is 1.20 bits per heavy atom. The van der Waals surface area contributed by atoms with Crippen LogP contribution in [0.5, 0.6) is 0 Å². The highest BCUT2D eigenvalue weighted by Crippen LogP contribution is 2.41. The van der Waals surface area contributed by atoms with E-state index in [1.807, 2.05) is 23.6 Å². The van der Waals surface area contributed by atoms with Gasteiger partial charge in [0.1, 0.15) is 5.82 Å². The van der Waals surface area contributed by atoms with Crippen LogP contribution in [0.3, 0.4) is 0 Å². The highest BCUT2D eigenvalue weighted by molar-refractivity contribution is 7.13. The molecule has 152 valence electrons. The Balaban J connectivity index is 1.59. The van der Waals surface area contributed by atoms with Crippen molar-refractivity contribution in [2.75, 3.05) is 5.32 Å². The zero-order valence-corrected chi connectivity index (χ0v) is 17.0. The number of halogens is 1. The molecular weight excluding hydrogens is 399 g/mol. The third-order valence-corrected chi connectivity index (χ3v) is 6.01. The second kappa shape index (κ2) is 8.63. The summed E-state index contributed by atoms with van der Waals surface area (Å²) in [5, 5.41) is 15.0. The van der Waals surface area contributed by atoms with Gasteiger partial charge in [-0.1, -0.05) is 54.6 Å². The Morgan fingerprint density at radius 2 is 2.03 bits per heavy atom. The minimum absolute atomic E-state index is 0.0586. The number of aliphatic carboxylic acids is 1. The first-order chi connectivity index (χ1) is 14.5. The van der Waals surface area contributed by atoms with Crippen LogP contribution in [0, 0.1) is 5.82 Å². The molecule has 0 fully saturated rings. The number of allylic oxidation sites excluding steroid dienone is 4. The number of hydrogen-bond donors (Lipinski definition) is 2. The number of nitrogens with zero attached hydrogens (tertiary/aromatic N) is 1. The topological polar surface area (TPSA) is 62.2 Å². The zero-order chi connectivity index (χ0) is 21.0. The molecule has 0 spiro atoms. The number of benzene rings is 2. The average Bonchev–Trinajstić information content (AvgIpc) is 3.22. The fourth-order valence-electron chi connectivity index (χ4n) is 3.61. The summed E-state index contributed by atoms with van der Waals surface area (Å²) in [4.78, 5) is 16.0. The van der Waals surface area contributed by atoms with Gasteiger partial charge in [-0.25, -0.2) is 9.37 Å². The van der Waals surface area contributed by atoms with Crippen molar-refractivity contribution in [1.29, 1.82) is 0 Å². The van der Waals surface area contributed by atoms with Gasteiger partial charge >= 0.3 is 5.97 Å². The molecule has 1 aromatic heterocycles. The SMILES string of the molecule is O=C(O)CCC1(c2csc(Nc3cccc(F)c3)n2)C=CC(c2ccccc2)=CC1. The normalized spacial score (nSPS) is 18.1. The van der Waals surface area contributed by atoms with Crippen LogP contribution < -0.4 is 5.32 Å². The first kappa shape index (κ1) is 20.0. The second-order valence-electron chi connectivity index (χ2n) is 7.29. The monoisotopic (exact) mass is 420 g/mol. The predicted molar refractivity (Wildman–Crippen MR) is 119 cm³/mol. The minimum Gasteiger partial charge on any atom is -0.481 e. The van der Waals surface area contributed by atoms with Gasteiger partial charge in [0.2, 0.25) is 0 Å². The summed E-state index contributed by atoms with van der Waals surface area (Å²) in [5.74, 6) is -1.14. The number of thiazole rings is 1. The number of carboxylic acids is 1. The summed E-state index contributed by atoms with van der Waals surface area (Å²) in [6.45, 7) is 0. The summed E-state index contributed by atoms with van der Waals surface area (Å²) in [6.07, 6.45) is 7.48. The predicted octanol–water partition coefficient (Wildman–Crippen LogP) is 6.17. The average molecular weight is 421 g/mol. The van der Waals surface area contributed by atoms with Gasteiger partial charge in [0, 0.05) is 22.9 Å². The third-order valence-electron chi connectivity index (χ3n) is 5.25. The fraction of sp³-hybridized carbons (Fsp3) is 0.167. The summed E-state index contributed by atoms with van der Waals surface area (Å²) in [7, 11) is 0. The molecule has 0 aliphatic heterocycles. The number of carboxylic acid groups (broad SMARTS) is 1. The van der Waals surface area contributed by atoms with Crippen LogP contribution in [0.15, 0.2) is 78.2 Å². The first-order valence-electron chi connectivity index (χ1n) is 9.69. The lowest BCUT2D eigenvalue weighted by molar-refractivity contribution is -0.137. The molecule has 1 unspecified atom stereocenters. The lowest BCUT2D eigenvalue weighted by Crippen LogP contribution is -2.26. The van der Waals surface area contributed by atoms with Crippen LogP contribution >= 0.6 is 11.3 Å². The highest BCUT2D eigenvalue weighted by Gasteiger charge is 2.33. The van der Waals surface area contributed by atoms with Gasteiger partial charge in [-0.3, -0.25) is 4.79 Å². The molecule has 2 N–H and O–H groups in total. The minimum atomic E-state index is -0.825. The van der Waals surface area contributed by atoms with E-state index >= 15 is 0 Å². The van der Waals surface area contributed by atoms with Gasteiger partial charge in [-0.05, 0) is 42.2 Å². The molecule has 0 saturated carbocycles. The number of hydrogen-bond acceptors (Lipinski definition) is 4. The van der Waals surface area contributed by atoms with E-state index in [-0.39, 0.29) is 12.2 Å². The number of nitrogens with one attached hydrogen (secondary N) is 1. The molecule has 6 heteroatoms. The van der Waals surface area contributed by atoms with Gasteiger partial charge in [0.15, 0.2) is 5.13 Å². The summed E-state index contributed by atoms with van der Waals surface area (Å²) >= 11 is 1.43. The molecule has 0 saturated heterocycles. The molecule has 1 aliphatic carbocycles. The maximum atomic E-state index is 13.5. The Labute approximate surface area is 178 Å². The Kier molecular flexibility index (Phi) is 5.77. The van der Waals surface area contributed by atoms with Gasteiger partial charge in [-0.15, -0.1) is 11.3 Å². The first-order valence-corrected chi connectivity index (χ1v) is 10.6. The summed E-state index contributed by atoms with van der Waals surface area (Å²) in [5.41, 5.74) is 3.23. The van der Waals surface area contributed by atoms with Gasteiger partial charge in [0.25, 0.3) is 0 Å². The van der Waals surface area contributed by atoms with E-state index in [9.17, 15) is 14.3 Å². The maximum Gasteiger partial charge on any atom is 0.303 e. The van der Waals surface area contributed by atoms with Crippen LogP contribution in [-0.2, 0) is 10.2 Å². The van der Waals surface area contributed by atoms with Crippen molar-refractivity contribution in [3.05, 3.63) is 95.3 Å². The standard InChI is InChI=1S/C24H21FN2O2S/c25-19-7-4-8-20(15-19)26-23-27-21(16-30-23)24(14-11-22(28)29)12-9-18(10-13-24)17-5-2-1-3-6-17/h1-10,12,15-16H,11,13-14H2,(H,26,27)(H,28,29). The molecule has 2 aromatic carbocycles. The lowest BCUT2D eigenvalue weighted by Gasteiger charge is -2.30. The highest BCUT2D eigenvalue weighted by atomic mass is 32.1. The quantitative estimate of drug-likeness (QED) is 0.480. The van der Waals surface area contributed by atoms with E-state index in [1.54, 1.807) is 12.1 Å². The van der Waals surface area contributed by atoms with E-state index in [2.05, 4.69) is 35.7 Å². The summed E-state index contributed by atoms with van der Waals surface area (Å²) < 4.78 is 13.5. The number of carbonyl (C=O) groups is 1. The van der Waals surface area contributed by atoms with Crippen molar-refractivity contribution in [1.82, 2.24) is 4.98 Å². The molecule has 4 nitrogen and oxygen atoms in total. The van der Waals surface area contributed by atoms with Crippen LogP contribution in [0.4, 0.5) is 15.2 Å². The van der Waals surface area contributed by atoms with Gasteiger partial charge < -0.3 is 10.4 Å². The van der Waals surface area contributed by atoms with E-state index in [0.29, 0.717) is 23.7 Å². The van der Waals surface area contributed by atoms with E-state index in [1.165, 1.54) is 23.5 Å². The molecule has 0 radical (unpaired) electrons. The van der Waals surface area contributed by atoms with Crippen molar-refractivity contribution in [2.45, 2.75) is 24.7 Å². The van der Waals surface area contributed by atoms with E-state index in [0.717, 1.165) is 16.8 Å². The second-order valence-corrected chi connectivity index (χ2v) is 8.14. The zero-order valence-electron chi connectivity index (χ0n) is 16.2. The van der Waals surface area contributed by atoms with Crippen LogP contribution in [0.2, 0.25) is 0 Å². The lowest BCUT2D eigenvalue weighted by atomic mass is 9.73. The molecule has 3 aromatic rings. The molecule has 4 rings (SSSR count). The molecule has 1 atom stereocenters. The number of aromatic nitrogens is 1. The van der Waals surface area contributed by atoms with Crippen molar-refractivity contribution in [2.24, 2.45) is 0 Å². The van der Waals surface area contributed by atoms with E-state index < -0.39 is 11.4 Å². The molecular formula is C24H21FN2O2S. The molecule has 1 aliphatic rings. The Bertz CT molecular complexity index is 1110. The molecule has 0 bridgehead atoms. The molecule has 1 heterocycles. The van der Waals surface area contributed by atoms with Crippen LogP contribution in [0.25, 0.3) is 5.57 Å². The van der Waals surface area contributed by atoms with Gasteiger partial charge in [-0.2, -0.15) is 0 Å². The van der Waals surface area contributed by atoms with E-state index in [4.69, 9.17) is 4.98 Å². The van der Waals surface area contributed by atoms with Crippen molar-refractivity contribution in [3.63, 3.8) is 0 Å². The Hall–Kier alpha value is -3.25. The smallest absolute Gasteiger partial charge is 0.303 e. The maximum absolute atomic E-state index is 13.5. The van der Waals surface area contributed by atoms with Crippen molar-refractivity contribution in [3.8, 4) is 0 Å². The van der Waals surface area contributed by atoms with Gasteiger partial charge in [0.05, 0.1) is 5.69 Å². The summed E-state index contributed by atoms with van der Waals surface area (Å²) in [6, 6.07) is 16.3. The third kappa shape index (κ3) is 4.49. The number of rotatable bonds is 7. The van der Waals surface area contributed by atoms with Crippen molar-refractivity contribution < 1.29 is 14.3 Å². The number of anilines is 2. The van der Waals surface area contributed by atoms with Crippen LogP contribution in [0.1, 0.15) is 30.5 Å². The molecule has 0 amide bonds. The fourth-order valence-corrected chi connectivity index (χ4v) is 4.44. The largest absolute Gasteiger partial charge is 0.481 e. The molecule has 30 heavy (non-hydrogen) atoms. The van der Waals surface area contributed by atoms with Crippen molar-refractivity contribution >= 4 is 33.7 Å².